The van der Waals surface area contributed by atoms with Crippen LogP contribution in [0.15, 0.2) is 29.3 Å². The fraction of sp³-hybridized carbons (Fsp3) is 0.704. The van der Waals surface area contributed by atoms with Crippen LogP contribution in [0, 0.1) is 17.3 Å². The van der Waals surface area contributed by atoms with Crippen molar-refractivity contribution in [3.05, 3.63) is 35.4 Å². The lowest BCUT2D eigenvalue weighted by Gasteiger charge is -2.33. The van der Waals surface area contributed by atoms with Gasteiger partial charge in [0.05, 0.1) is 0 Å². The van der Waals surface area contributed by atoms with Crippen LogP contribution in [-0.4, -0.2) is 23.8 Å². The monoisotopic (exact) mass is 415 g/mol. The van der Waals surface area contributed by atoms with Crippen LogP contribution in [0.25, 0.3) is 0 Å². The van der Waals surface area contributed by atoms with E-state index in [1.54, 1.807) is 0 Å². The number of ether oxygens (including phenoxy) is 1. The van der Waals surface area contributed by atoms with Gasteiger partial charge >= 0.3 is 5.97 Å². The van der Waals surface area contributed by atoms with Crippen LogP contribution in [0.5, 0.6) is 0 Å². The number of rotatable bonds is 10. The summed E-state index contributed by atoms with van der Waals surface area (Å²) in [5.74, 6) is 0.750. The number of benzene rings is 1. The van der Waals surface area contributed by atoms with Crippen molar-refractivity contribution in [3.8, 4) is 0 Å². The van der Waals surface area contributed by atoms with Crippen molar-refractivity contribution in [2.75, 3.05) is 0 Å². The molecule has 1 rings (SSSR count). The van der Waals surface area contributed by atoms with Crippen LogP contribution in [-0.2, 0) is 16.0 Å². The number of carbonyl (C=O) groups is 1. The van der Waals surface area contributed by atoms with E-state index in [9.17, 15) is 4.79 Å². The van der Waals surface area contributed by atoms with Crippen LogP contribution in [0.3, 0.4) is 0 Å². The highest BCUT2D eigenvalue weighted by molar-refractivity contribution is 5.79. The number of nitrogens with zero attached hydrogens (tertiary/aromatic N) is 1. The number of hydrogen-bond acceptors (Lipinski definition) is 3. The third-order valence-corrected chi connectivity index (χ3v) is 5.46. The summed E-state index contributed by atoms with van der Waals surface area (Å²) in [6.45, 7) is 21.3. The Morgan fingerprint density at radius 1 is 1.03 bits per heavy atom. The van der Waals surface area contributed by atoms with Crippen molar-refractivity contribution in [3.63, 3.8) is 0 Å². The lowest BCUT2D eigenvalue weighted by molar-refractivity contribution is -0.161. The Labute approximate surface area is 185 Å². The number of hydrogen-bond donors (Lipinski definition) is 0. The van der Waals surface area contributed by atoms with Gasteiger partial charge in [-0.15, -0.1) is 0 Å². The van der Waals surface area contributed by atoms with E-state index in [2.05, 4.69) is 79.7 Å². The van der Waals surface area contributed by atoms with E-state index in [4.69, 9.17) is 9.73 Å². The molecule has 3 atom stereocenters. The maximum Gasteiger partial charge on any atom is 0.331 e. The average Bonchev–Trinajstić information content (AvgIpc) is 2.59. The van der Waals surface area contributed by atoms with E-state index in [1.807, 2.05) is 20.1 Å². The number of esters is 1. The standard InChI is InChI=1S/C27H45NO2/c1-11-21(5)24(25(29)30-27(9,10)18-26(6,7)8)28-17-20(4)16-22-12-14-23(15-13-22)19(2)3/h12-15,17,19-21,24H,11,16,18H2,1-10H3/b28-17+. The molecule has 0 saturated heterocycles. The topological polar surface area (TPSA) is 38.7 Å². The largest absolute Gasteiger partial charge is 0.458 e. The van der Waals surface area contributed by atoms with Crippen LogP contribution < -0.4 is 0 Å². The predicted octanol–water partition coefficient (Wildman–Crippen LogP) is 7.23. The van der Waals surface area contributed by atoms with Crippen molar-refractivity contribution in [1.82, 2.24) is 0 Å². The van der Waals surface area contributed by atoms with Crippen LogP contribution in [0.2, 0.25) is 0 Å². The minimum atomic E-state index is -0.500. The number of carbonyl (C=O) groups excluding carboxylic acids is 1. The van der Waals surface area contributed by atoms with E-state index in [-0.39, 0.29) is 23.2 Å². The van der Waals surface area contributed by atoms with E-state index in [0.29, 0.717) is 5.92 Å². The van der Waals surface area contributed by atoms with E-state index < -0.39 is 11.6 Å². The van der Waals surface area contributed by atoms with Crippen molar-refractivity contribution >= 4 is 12.2 Å². The first-order chi connectivity index (χ1) is 13.7. The van der Waals surface area contributed by atoms with Gasteiger partial charge in [-0.3, -0.25) is 4.99 Å². The van der Waals surface area contributed by atoms with Gasteiger partial charge < -0.3 is 4.74 Å². The summed E-state index contributed by atoms with van der Waals surface area (Å²) in [6.07, 6.45) is 4.57. The minimum absolute atomic E-state index is 0.0958. The Hall–Kier alpha value is -1.64. The van der Waals surface area contributed by atoms with Gasteiger partial charge in [0.15, 0.2) is 0 Å². The molecule has 0 saturated carbocycles. The molecule has 0 bridgehead atoms. The molecule has 0 aromatic heterocycles. The first-order valence-corrected chi connectivity index (χ1v) is 11.6. The molecule has 170 valence electrons. The molecule has 0 N–H and O–H groups in total. The summed E-state index contributed by atoms with van der Waals surface area (Å²) in [5, 5.41) is 0. The summed E-state index contributed by atoms with van der Waals surface area (Å²) < 4.78 is 5.93. The molecule has 0 aliphatic rings. The fourth-order valence-corrected chi connectivity index (χ4v) is 4.01. The Morgan fingerprint density at radius 2 is 1.60 bits per heavy atom. The Balaban J connectivity index is 2.83. The molecular formula is C27H45NO2. The van der Waals surface area contributed by atoms with E-state index in [1.165, 1.54) is 11.1 Å². The van der Waals surface area contributed by atoms with Crippen LogP contribution in [0.4, 0.5) is 0 Å². The molecule has 0 aliphatic carbocycles. The molecule has 0 amide bonds. The molecule has 1 aromatic rings. The molecular weight excluding hydrogens is 370 g/mol. The van der Waals surface area contributed by atoms with E-state index >= 15 is 0 Å². The SMILES string of the molecule is CCC(C)C(/N=C/C(C)Cc1ccc(C(C)C)cc1)C(=O)OC(C)(C)CC(C)(C)C. The predicted molar refractivity (Wildman–Crippen MR) is 129 cm³/mol. The zero-order valence-corrected chi connectivity index (χ0v) is 21.1. The molecule has 0 spiro atoms. The van der Waals surface area contributed by atoms with Crippen molar-refractivity contribution in [2.24, 2.45) is 22.2 Å². The highest BCUT2D eigenvalue weighted by Gasteiger charge is 2.33. The van der Waals surface area contributed by atoms with Gasteiger partial charge in [0.1, 0.15) is 11.6 Å². The Bertz CT molecular complexity index is 680. The summed E-state index contributed by atoms with van der Waals surface area (Å²) in [6, 6.07) is 8.38. The zero-order chi connectivity index (χ0) is 23.1. The maximum atomic E-state index is 13.0. The third-order valence-electron chi connectivity index (χ3n) is 5.46. The van der Waals surface area contributed by atoms with Gasteiger partial charge in [-0.2, -0.15) is 0 Å². The average molecular weight is 416 g/mol. The van der Waals surface area contributed by atoms with Gasteiger partial charge in [-0.25, -0.2) is 4.79 Å². The van der Waals surface area contributed by atoms with Crippen LogP contribution in [0.1, 0.15) is 99.1 Å². The van der Waals surface area contributed by atoms with Crippen molar-refractivity contribution in [1.29, 1.82) is 0 Å². The molecule has 0 fully saturated rings. The lowest BCUT2D eigenvalue weighted by atomic mass is 9.83. The molecule has 0 heterocycles. The molecule has 30 heavy (non-hydrogen) atoms. The second-order valence-electron chi connectivity index (χ2n) is 11.1. The molecule has 1 aromatic carbocycles. The quantitative estimate of drug-likeness (QED) is 0.298. The Morgan fingerprint density at radius 3 is 2.07 bits per heavy atom. The summed E-state index contributed by atoms with van der Waals surface area (Å²) in [5.41, 5.74) is 2.25. The number of aliphatic imine (C=N–C) groups is 1. The molecule has 3 heteroatoms. The lowest BCUT2D eigenvalue weighted by Crippen LogP contribution is -2.38. The van der Waals surface area contributed by atoms with E-state index in [0.717, 1.165) is 19.3 Å². The highest BCUT2D eigenvalue weighted by Crippen LogP contribution is 2.30. The summed E-state index contributed by atoms with van der Waals surface area (Å²) >= 11 is 0. The highest BCUT2D eigenvalue weighted by atomic mass is 16.6. The van der Waals surface area contributed by atoms with Gasteiger partial charge in [-0.1, -0.05) is 86.1 Å². The Kier molecular flexibility index (Phi) is 9.78. The van der Waals surface area contributed by atoms with Gasteiger partial charge in [0, 0.05) is 6.21 Å². The molecule has 0 radical (unpaired) electrons. The smallest absolute Gasteiger partial charge is 0.331 e. The first kappa shape index (κ1) is 26.4. The second-order valence-corrected chi connectivity index (χ2v) is 11.1. The normalized spacial score (nSPS) is 16.0. The third kappa shape index (κ3) is 9.45. The fourth-order valence-electron chi connectivity index (χ4n) is 4.01. The van der Waals surface area contributed by atoms with Crippen molar-refractivity contribution in [2.45, 2.75) is 106 Å². The zero-order valence-electron chi connectivity index (χ0n) is 21.1. The molecule has 0 aliphatic heterocycles. The van der Waals surface area contributed by atoms with Gasteiger partial charge in [0.2, 0.25) is 0 Å². The maximum absolute atomic E-state index is 13.0. The second kappa shape index (κ2) is 11.1. The first-order valence-electron chi connectivity index (χ1n) is 11.6. The van der Waals surface area contributed by atoms with Crippen molar-refractivity contribution < 1.29 is 9.53 Å². The molecule has 3 nitrogen and oxygen atoms in total. The van der Waals surface area contributed by atoms with Gasteiger partial charge in [-0.05, 0) is 61.0 Å². The van der Waals surface area contributed by atoms with Gasteiger partial charge in [0.25, 0.3) is 0 Å². The molecule has 3 unspecified atom stereocenters. The summed E-state index contributed by atoms with van der Waals surface area (Å²) in [4.78, 5) is 17.7. The minimum Gasteiger partial charge on any atom is -0.458 e. The van der Waals surface area contributed by atoms with Crippen LogP contribution >= 0.6 is 0 Å². The summed E-state index contributed by atoms with van der Waals surface area (Å²) in [7, 11) is 0.